The molecule has 0 bridgehead atoms. The van der Waals surface area contributed by atoms with Gasteiger partial charge in [0.1, 0.15) is 11.9 Å². The van der Waals surface area contributed by atoms with Gasteiger partial charge in [-0.3, -0.25) is 4.79 Å². The average molecular weight is 374 g/mol. The standard InChI is InChI=1S/C22H27FO4/c1-13-8-14(4-7-20(13)23)18-10-16(25)12-22(2,3)19(18)6-5-17-9-15(24)11-21(26)27-17/h4-8,15-17,24-25H,9-12H2,1-3H3/b6-5+/t15-,16?,17-/m0/s1. The topological polar surface area (TPSA) is 66.8 Å². The molecule has 0 amide bonds. The van der Waals surface area contributed by atoms with E-state index >= 15 is 0 Å². The molecule has 3 rings (SSSR count). The van der Waals surface area contributed by atoms with Crippen molar-refractivity contribution in [2.75, 3.05) is 0 Å². The third-order valence-corrected chi connectivity index (χ3v) is 5.41. The van der Waals surface area contributed by atoms with E-state index in [0.29, 0.717) is 24.8 Å². The zero-order valence-corrected chi connectivity index (χ0v) is 16.0. The molecule has 146 valence electrons. The summed E-state index contributed by atoms with van der Waals surface area (Å²) in [5.74, 6) is -0.653. The number of ether oxygens (including phenoxy) is 1. The molecule has 1 aromatic carbocycles. The summed E-state index contributed by atoms with van der Waals surface area (Å²) in [6, 6.07) is 4.99. The number of halogens is 1. The molecule has 0 spiro atoms. The molecule has 1 aliphatic heterocycles. The molecule has 2 aliphatic rings. The Hall–Kier alpha value is -1.98. The number of cyclic esters (lactones) is 1. The van der Waals surface area contributed by atoms with Crippen LogP contribution in [0, 0.1) is 18.2 Å². The van der Waals surface area contributed by atoms with Crippen LogP contribution in [0.4, 0.5) is 4.39 Å². The van der Waals surface area contributed by atoms with Gasteiger partial charge in [0.25, 0.3) is 0 Å². The molecule has 27 heavy (non-hydrogen) atoms. The van der Waals surface area contributed by atoms with Crippen LogP contribution < -0.4 is 0 Å². The van der Waals surface area contributed by atoms with Gasteiger partial charge in [-0.15, -0.1) is 0 Å². The summed E-state index contributed by atoms with van der Waals surface area (Å²) in [5, 5.41) is 20.2. The Balaban J connectivity index is 2.00. The van der Waals surface area contributed by atoms with Crippen molar-refractivity contribution in [2.45, 2.75) is 64.8 Å². The number of esters is 1. The zero-order valence-electron chi connectivity index (χ0n) is 16.0. The number of rotatable bonds is 3. The summed E-state index contributed by atoms with van der Waals surface area (Å²) in [7, 11) is 0. The number of hydrogen-bond acceptors (Lipinski definition) is 4. The van der Waals surface area contributed by atoms with Gasteiger partial charge in [-0.25, -0.2) is 4.39 Å². The van der Waals surface area contributed by atoms with Crippen molar-refractivity contribution in [1.29, 1.82) is 0 Å². The summed E-state index contributed by atoms with van der Waals surface area (Å²) in [4.78, 5) is 11.6. The second kappa shape index (κ2) is 7.56. The molecule has 3 atom stereocenters. The quantitative estimate of drug-likeness (QED) is 0.792. The third-order valence-electron chi connectivity index (χ3n) is 5.41. The molecular weight excluding hydrogens is 347 g/mol. The lowest BCUT2D eigenvalue weighted by Crippen LogP contribution is -2.32. The fourth-order valence-electron chi connectivity index (χ4n) is 4.09. The van der Waals surface area contributed by atoms with Crippen LogP contribution in [0.5, 0.6) is 0 Å². The van der Waals surface area contributed by atoms with Gasteiger partial charge in [-0.2, -0.15) is 0 Å². The molecule has 1 unspecified atom stereocenters. The van der Waals surface area contributed by atoms with Gasteiger partial charge in [-0.1, -0.05) is 26.0 Å². The van der Waals surface area contributed by atoms with Crippen LogP contribution in [-0.2, 0) is 9.53 Å². The molecule has 0 radical (unpaired) electrons. The first-order valence-electron chi connectivity index (χ1n) is 9.39. The van der Waals surface area contributed by atoms with Crippen molar-refractivity contribution in [3.8, 4) is 0 Å². The molecular formula is C22H27FO4. The zero-order chi connectivity index (χ0) is 19.8. The van der Waals surface area contributed by atoms with Crippen LogP contribution in [0.15, 0.2) is 35.9 Å². The number of carbonyl (C=O) groups is 1. The van der Waals surface area contributed by atoms with Crippen molar-refractivity contribution in [3.05, 3.63) is 52.9 Å². The summed E-state index contributed by atoms with van der Waals surface area (Å²) in [5.41, 5.74) is 3.17. The molecule has 0 saturated carbocycles. The van der Waals surface area contributed by atoms with E-state index in [0.717, 1.165) is 16.7 Å². The van der Waals surface area contributed by atoms with Crippen LogP contribution in [-0.4, -0.2) is 34.5 Å². The van der Waals surface area contributed by atoms with Gasteiger partial charge < -0.3 is 14.9 Å². The average Bonchev–Trinajstić information content (AvgIpc) is 2.54. The van der Waals surface area contributed by atoms with Crippen molar-refractivity contribution in [2.24, 2.45) is 5.41 Å². The van der Waals surface area contributed by atoms with Crippen LogP contribution in [0.25, 0.3) is 5.57 Å². The number of benzene rings is 1. The highest BCUT2D eigenvalue weighted by Crippen LogP contribution is 2.45. The van der Waals surface area contributed by atoms with Gasteiger partial charge in [0.15, 0.2) is 0 Å². The highest BCUT2D eigenvalue weighted by Gasteiger charge is 2.34. The van der Waals surface area contributed by atoms with E-state index in [2.05, 4.69) is 13.8 Å². The lowest BCUT2D eigenvalue weighted by atomic mass is 9.69. The molecule has 1 fully saturated rings. The number of allylic oxidation sites excluding steroid dienone is 2. The lowest BCUT2D eigenvalue weighted by molar-refractivity contribution is -0.156. The largest absolute Gasteiger partial charge is 0.458 e. The number of aliphatic hydroxyl groups is 2. The van der Waals surface area contributed by atoms with Crippen molar-refractivity contribution in [3.63, 3.8) is 0 Å². The molecule has 0 aromatic heterocycles. The first kappa shape index (κ1) is 19.8. The second-order valence-electron chi connectivity index (χ2n) is 8.28. The third kappa shape index (κ3) is 4.47. The maximum atomic E-state index is 13.7. The minimum atomic E-state index is -0.685. The predicted octanol–water partition coefficient (Wildman–Crippen LogP) is 3.69. The molecule has 1 aromatic rings. The second-order valence-corrected chi connectivity index (χ2v) is 8.28. The van der Waals surface area contributed by atoms with Crippen LogP contribution in [0.3, 0.4) is 0 Å². The van der Waals surface area contributed by atoms with Crippen LogP contribution in [0.2, 0.25) is 0 Å². The Labute approximate surface area is 159 Å². The smallest absolute Gasteiger partial charge is 0.309 e. The molecule has 1 heterocycles. The molecule has 5 heteroatoms. The first-order chi connectivity index (χ1) is 12.7. The number of aryl methyl sites for hydroxylation is 1. The maximum absolute atomic E-state index is 13.7. The van der Waals surface area contributed by atoms with Crippen LogP contribution >= 0.6 is 0 Å². The van der Waals surface area contributed by atoms with Gasteiger partial charge in [-0.05, 0) is 65.7 Å². The summed E-state index contributed by atoms with van der Waals surface area (Å²) in [6.45, 7) is 5.85. The van der Waals surface area contributed by atoms with Gasteiger partial charge in [0.2, 0.25) is 0 Å². The number of carbonyl (C=O) groups excluding carboxylic acids is 1. The van der Waals surface area contributed by atoms with E-state index in [1.807, 2.05) is 12.2 Å². The highest BCUT2D eigenvalue weighted by molar-refractivity contribution is 5.74. The summed E-state index contributed by atoms with van der Waals surface area (Å²) >= 11 is 0. The monoisotopic (exact) mass is 374 g/mol. The minimum Gasteiger partial charge on any atom is -0.458 e. The van der Waals surface area contributed by atoms with E-state index in [4.69, 9.17) is 4.74 Å². The van der Waals surface area contributed by atoms with Gasteiger partial charge in [0.05, 0.1) is 18.6 Å². The first-order valence-corrected chi connectivity index (χ1v) is 9.39. The Morgan fingerprint density at radius 3 is 2.63 bits per heavy atom. The fraction of sp³-hybridized carbons (Fsp3) is 0.500. The number of aliphatic hydroxyl groups excluding tert-OH is 2. The molecule has 4 nitrogen and oxygen atoms in total. The summed E-state index contributed by atoms with van der Waals surface area (Å²) in [6.07, 6.45) is 3.65. The Bertz CT molecular complexity index is 794. The normalized spacial score (nSPS) is 28.5. The Morgan fingerprint density at radius 1 is 1.22 bits per heavy atom. The Morgan fingerprint density at radius 2 is 1.96 bits per heavy atom. The minimum absolute atomic E-state index is 0.0326. The SMILES string of the molecule is Cc1cc(C2=C(/C=C/[C@H]3C[C@H](O)CC(=O)O3)C(C)(C)CC(O)C2)ccc1F. The van der Waals surface area contributed by atoms with E-state index in [9.17, 15) is 19.4 Å². The number of hydrogen-bond donors (Lipinski definition) is 2. The lowest BCUT2D eigenvalue weighted by Gasteiger charge is -2.37. The van der Waals surface area contributed by atoms with Gasteiger partial charge >= 0.3 is 5.97 Å². The maximum Gasteiger partial charge on any atom is 0.309 e. The summed E-state index contributed by atoms with van der Waals surface area (Å²) < 4.78 is 19.0. The van der Waals surface area contributed by atoms with Gasteiger partial charge in [0, 0.05) is 6.42 Å². The van der Waals surface area contributed by atoms with E-state index < -0.39 is 24.3 Å². The fourth-order valence-corrected chi connectivity index (χ4v) is 4.09. The molecule has 1 saturated heterocycles. The highest BCUT2D eigenvalue weighted by atomic mass is 19.1. The Kier molecular flexibility index (Phi) is 5.54. The van der Waals surface area contributed by atoms with E-state index in [-0.39, 0.29) is 17.7 Å². The molecule has 1 aliphatic carbocycles. The van der Waals surface area contributed by atoms with E-state index in [1.54, 1.807) is 19.1 Å². The predicted molar refractivity (Wildman–Crippen MR) is 101 cm³/mol. The van der Waals surface area contributed by atoms with Crippen molar-refractivity contribution < 1.29 is 24.1 Å². The van der Waals surface area contributed by atoms with Crippen molar-refractivity contribution >= 4 is 11.5 Å². The van der Waals surface area contributed by atoms with Crippen molar-refractivity contribution in [1.82, 2.24) is 0 Å². The van der Waals surface area contributed by atoms with Crippen LogP contribution in [0.1, 0.15) is 50.7 Å². The van der Waals surface area contributed by atoms with E-state index in [1.165, 1.54) is 6.07 Å². The molecule has 2 N–H and O–H groups in total.